The molecule has 1 saturated heterocycles. The number of hydrogen-bond donors (Lipinski definition) is 0. The van der Waals surface area contributed by atoms with Crippen LogP contribution in [0.1, 0.15) is 19.4 Å². The Bertz CT molecular complexity index is 730. The summed E-state index contributed by atoms with van der Waals surface area (Å²) < 4.78 is 15.4. The topological polar surface area (TPSA) is 82.1 Å². The second-order valence-corrected chi connectivity index (χ2v) is 6.06. The van der Waals surface area contributed by atoms with Crippen molar-refractivity contribution in [3.05, 3.63) is 28.7 Å². The number of methoxy groups -OCH3 is 2. The number of nitrogens with zero attached hydrogens (tertiary/aromatic N) is 1. The Hall–Kier alpha value is -2.48. The van der Waals surface area contributed by atoms with Crippen molar-refractivity contribution in [1.82, 2.24) is 4.90 Å². The quantitative estimate of drug-likeness (QED) is 0.566. The van der Waals surface area contributed by atoms with Gasteiger partial charge >= 0.3 is 5.97 Å². The molecule has 134 valence electrons. The van der Waals surface area contributed by atoms with E-state index in [-0.39, 0.29) is 11.5 Å². The van der Waals surface area contributed by atoms with E-state index in [0.717, 1.165) is 16.7 Å². The zero-order valence-corrected chi connectivity index (χ0v) is 15.2. The van der Waals surface area contributed by atoms with Crippen molar-refractivity contribution >= 4 is 35.0 Å². The van der Waals surface area contributed by atoms with E-state index in [1.54, 1.807) is 31.2 Å². The molecule has 1 aromatic carbocycles. The zero-order valence-electron chi connectivity index (χ0n) is 14.4. The number of thioether (sulfide) groups is 1. The smallest absolute Gasteiger partial charge is 0.329 e. The van der Waals surface area contributed by atoms with Crippen molar-refractivity contribution < 1.29 is 28.6 Å². The Morgan fingerprint density at radius 3 is 2.60 bits per heavy atom. The Labute approximate surface area is 149 Å². The highest BCUT2D eigenvalue weighted by Crippen LogP contribution is 2.37. The number of benzene rings is 1. The van der Waals surface area contributed by atoms with Crippen molar-refractivity contribution in [3.8, 4) is 11.5 Å². The van der Waals surface area contributed by atoms with Crippen LogP contribution in [0.25, 0.3) is 6.08 Å². The monoisotopic (exact) mass is 365 g/mol. The van der Waals surface area contributed by atoms with Gasteiger partial charge in [0.2, 0.25) is 0 Å². The fraction of sp³-hybridized carbons (Fsp3) is 0.353. The van der Waals surface area contributed by atoms with E-state index >= 15 is 0 Å². The van der Waals surface area contributed by atoms with Crippen LogP contribution in [0.2, 0.25) is 0 Å². The summed E-state index contributed by atoms with van der Waals surface area (Å²) >= 11 is 0.767. The number of imide groups is 1. The normalized spacial score (nSPS) is 17.0. The lowest BCUT2D eigenvalue weighted by Crippen LogP contribution is -2.42. The van der Waals surface area contributed by atoms with Gasteiger partial charge in [-0.1, -0.05) is 12.1 Å². The van der Waals surface area contributed by atoms with E-state index in [4.69, 9.17) is 14.2 Å². The molecule has 1 heterocycles. The molecule has 0 N–H and O–H groups in total. The summed E-state index contributed by atoms with van der Waals surface area (Å²) in [6, 6.07) is 4.23. The number of para-hydroxylation sites is 1. The van der Waals surface area contributed by atoms with Gasteiger partial charge in [-0.2, -0.15) is 0 Å². The molecule has 2 amide bonds. The molecule has 1 aliphatic heterocycles. The molecule has 2 rings (SSSR count). The van der Waals surface area contributed by atoms with E-state index in [9.17, 15) is 14.4 Å². The van der Waals surface area contributed by atoms with Gasteiger partial charge < -0.3 is 14.2 Å². The maximum atomic E-state index is 12.6. The van der Waals surface area contributed by atoms with Crippen LogP contribution in [0, 0.1) is 0 Å². The van der Waals surface area contributed by atoms with Gasteiger partial charge in [0.05, 0.1) is 25.7 Å². The molecule has 7 nitrogen and oxygen atoms in total. The third-order valence-corrected chi connectivity index (χ3v) is 4.44. The summed E-state index contributed by atoms with van der Waals surface area (Å²) in [5, 5.41) is -0.515. The minimum absolute atomic E-state index is 0.177. The van der Waals surface area contributed by atoms with Crippen LogP contribution in [0.3, 0.4) is 0 Å². The molecule has 1 aliphatic rings. The van der Waals surface area contributed by atoms with Crippen molar-refractivity contribution in [3.63, 3.8) is 0 Å². The number of rotatable bonds is 6. The first-order chi connectivity index (χ1) is 11.9. The summed E-state index contributed by atoms with van der Waals surface area (Å²) in [4.78, 5) is 37.7. The van der Waals surface area contributed by atoms with Gasteiger partial charge in [0.1, 0.15) is 6.04 Å². The van der Waals surface area contributed by atoms with Crippen LogP contribution in [0.5, 0.6) is 11.5 Å². The van der Waals surface area contributed by atoms with Gasteiger partial charge in [-0.05, 0) is 37.8 Å². The van der Waals surface area contributed by atoms with Gasteiger partial charge in [-0.25, -0.2) is 4.79 Å². The van der Waals surface area contributed by atoms with E-state index in [1.165, 1.54) is 21.1 Å². The molecule has 0 saturated carbocycles. The Morgan fingerprint density at radius 1 is 1.28 bits per heavy atom. The maximum Gasteiger partial charge on any atom is 0.329 e. The largest absolute Gasteiger partial charge is 0.493 e. The number of ether oxygens (including phenoxy) is 3. The summed E-state index contributed by atoms with van der Waals surface area (Å²) in [7, 11) is 3.00. The fourth-order valence-corrected chi connectivity index (χ4v) is 3.25. The van der Waals surface area contributed by atoms with Crippen molar-refractivity contribution in [1.29, 1.82) is 0 Å². The average Bonchev–Trinajstić information content (AvgIpc) is 2.87. The van der Waals surface area contributed by atoms with Crippen LogP contribution in [0.4, 0.5) is 4.79 Å². The van der Waals surface area contributed by atoms with Crippen molar-refractivity contribution in [2.45, 2.75) is 19.9 Å². The van der Waals surface area contributed by atoms with E-state index in [0.29, 0.717) is 17.1 Å². The molecular weight excluding hydrogens is 346 g/mol. The van der Waals surface area contributed by atoms with Crippen molar-refractivity contribution in [2.24, 2.45) is 0 Å². The first-order valence-electron chi connectivity index (χ1n) is 7.59. The molecule has 8 heteroatoms. The second kappa shape index (κ2) is 8.06. The predicted octanol–water partition coefficient (Wildman–Crippen LogP) is 2.69. The minimum Gasteiger partial charge on any atom is -0.493 e. The summed E-state index contributed by atoms with van der Waals surface area (Å²) in [5.74, 6) is -0.198. The molecule has 1 atom stereocenters. The maximum absolute atomic E-state index is 12.6. The van der Waals surface area contributed by atoms with Gasteiger partial charge in [-0.3, -0.25) is 14.5 Å². The van der Waals surface area contributed by atoms with E-state index in [2.05, 4.69) is 0 Å². The van der Waals surface area contributed by atoms with Crippen LogP contribution >= 0.6 is 11.8 Å². The lowest BCUT2D eigenvalue weighted by molar-refractivity contribution is -0.150. The second-order valence-electron chi connectivity index (χ2n) is 5.06. The Kier molecular flexibility index (Phi) is 6.08. The van der Waals surface area contributed by atoms with Crippen LogP contribution in [-0.4, -0.2) is 48.9 Å². The van der Waals surface area contributed by atoms with Crippen LogP contribution in [-0.2, 0) is 14.3 Å². The highest BCUT2D eigenvalue weighted by atomic mass is 32.2. The molecule has 1 fully saturated rings. The molecule has 0 spiro atoms. The van der Waals surface area contributed by atoms with Gasteiger partial charge in [0.15, 0.2) is 11.5 Å². The minimum atomic E-state index is -0.981. The Morgan fingerprint density at radius 2 is 2.00 bits per heavy atom. The summed E-state index contributed by atoms with van der Waals surface area (Å²) in [6.07, 6.45) is 1.55. The number of carbonyl (C=O) groups is 3. The van der Waals surface area contributed by atoms with Crippen LogP contribution < -0.4 is 9.47 Å². The summed E-state index contributed by atoms with van der Waals surface area (Å²) in [6.45, 7) is 3.30. The van der Waals surface area contributed by atoms with Crippen LogP contribution in [0.15, 0.2) is 23.1 Å². The third-order valence-electron chi connectivity index (χ3n) is 3.56. The van der Waals surface area contributed by atoms with Gasteiger partial charge in [0.25, 0.3) is 11.1 Å². The number of carbonyl (C=O) groups excluding carboxylic acids is 3. The molecule has 0 radical (unpaired) electrons. The molecule has 1 aromatic rings. The Balaban J connectivity index is 2.34. The lowest BCUT2D eigenvalue weighted by Gasteiger charge is -2.19. The third kappa shape index (κ3) is 3.79. The molecule has 25 heavy (non-hydrogen) atoms. The fourth-order valence-electron chi connectivity index (χ4n) is 2.35. The first-order valence-corrected chi connectivity index (χ1v) is 8.40. The predicted molar refractivity (Wildman–Crippen MR) is 93.5 cm³/mol. The number of esters is 1. The molecular formula is C17H19NO6S. The molecule has 0 bridgehead atoms. The molecule has 0 unspecified atom stereocenters. The summed E-state index contributed by atoms with van der Waals surface area (Å²) in [5.41, 5.74) is 0.594. The van der Waals surface area contributed by atoms with E-state index < -0.39 is 23.2 Å². The standard InChI is InChI=1S/C17H19NO6S/c1-5-24-16(20)10(2)18-15(19)13(25-17(18)21)9-11-7-6-8-12(22-3)14(11)23-4/h6-10H,5H2,1-4H3/b13-9+/t10-/m1/s1. The van der Waals surface area contributed by atoms with Crippen molar-refractivity contribution in [2.75, 3.05) is 20.8 Å². The number of hydrogen-bond acceptors (Lipinski definition) is 7. The number of amides is 2. The molecule has 0 aromatic heterocycles. The highest BCUT2D eigenvalue weighted by molar-refractivity contribution is 8.18. The zero-order chi connectivity index (χ0) is 18.6. The first kappa shape index (κ1) is 18.9. The highest BCUT2D eigenvalue weighted by Gasteiger charge is 2.41. The van der Waals surface area contributed by atoms with Gasteiger partial charge in [-0.15, -0.1) is 0 Å². The van der Waals surface area contributed by atoms with E-state index in [1.807, 2.05) is 0 Å². The average molecular weight is 365 g/mol. The molecule has 0 aliphatic carbocycles. The lowest BCUT2D eigenvalue weighted by atomic mass is 10.1. The van der Waals surface area contributed by atoms with Gasteiger partial charge in [0, 0.05) is 5.56 Å². The SMILES string of the molecule is CCOC(=O)[C@@H](C)N1C(=O)S/C(=C/c2cccc(OC)c2OC)C1=O.